The van der Waals surface area contributed by atoms with Gasteiger partial charge in [-0.05, 0) is 42.0 Å². The monoisotopic (exact) mass is 463 g/mol. The maximum Gasteiger partial charge on any atom is 0.297 e. The van der Waals surface area contributed by atoms with Crippen LogP contribution in [0.1, 0.15) is 24.2 Å². The van der Waals surface area contributed by atoms with E-state index in [4.69, 9.17) is 0 Å². The number of amides is 1. The zero-order valence-corrected chi connectivity index (χ0v) is 19.7. The lowest BCUT2D eigenvalue weighted by Crippen LogP contribution is -2.31. The summed E-state index contributed by atoms with van der Waals surface area (Å²) in [4.78, 5) is 27.8. The fourth-order valence-electron chi connectivity index (χ4n) is 3.61. The van der Waals surface area contributed by atoms with Gasteiger partial charge in [0, 0.05) is 14.1 Å². The molecule has 0 saturated heterocycles. The molecule has 0 saturated carbocycles. The first-order chi connectivity index (χ1) is 15.9. The Kier molecular flexibility index (Phi) is 6.45. The van der Waals surface area contributed by atoms with Crippen LogP contribution in [0.15, 0.2) is 70.6 Å². The lowest BCUT2D eigenvalue weighted by atomic mass is 10.1. The third-order valence-corrected chi connectivity index (χ3v) is 6.66. The van der Waals surface area contributed by atoms with E-state index >= 15 is 0 Å². The Balaban J connectivity index is 1.56. The van der Waals surface area contributed by atoms with Crippen LogP contribution in [0.4, 0.5) is 0 Å². The molecule has 2 aromatic carbocycles. The van der Waals surface area contributed by atoms with Crippen LogP contribution in [-0.2, 0) is 11.8 Å². The molecule has 0 bridgehead atoms. The number of tetrazole rings is 1. The molecule has 33 heavy (non-hydrogen) atoms. The van der Waals surface area contributed by atoms with Crippen LogP contribution in [0, 0.1) is 6.92 Å². The van der Waals surface area contributed by atoms with Crippen molar-refractivity contribution in [2.45, 2.75) is 25.0 Å². The summed E-state index contributed by atoms with van der Waals surface area (Å²) in [5.74, 6) is 0.0877. The van der Waals surface area contributed by atoms with Gasteiger partial charge in [-0.25, -0.2) is 4.68 Å². The molecule has 9 nitrogen and oxygen atoms in total. The Labute approximate surface area is 195 Å². The van der Waals surface area contributed by atoms with Gasteiger partial charge >= 0.3 is 0 Å². The number of carbonyl (C=O) groups is 1. The van der Waals surface area contributed by atoms with E-state index in [9.17, 15) is 9.59 Å². The van der Waals surface area contributed by atoms with Crippen LogP contribution in [0.25, 0.3) is 11.4 Å². The Morgan fingerprint density at radius 1 is 1.09 bits per heavy atom. The van der Waals surface area contributed by atoms with E-state index in [1.165, 1.54) is 16.4 Å². The Morgan fingerprint density at radius 3 is 2.39 bits per heavy atom. The highest BCUT2D eigenvalue weighted by molar-refractivity contribution is 7.99. The molecule has 170 valence electrons. The van der Waals surface area contributed by atoms with Gasteiger partial charge in [-0.1, -0.05) is 60.3 Å². The Morgan fingerprint density at radius 2 is 1.73 bits per heavy atom. The highest BCUT2D eigenvalue weighted by Gasteiger charge is 2.23. The van der Waals surface area contributed by atoms with Crippen LogP contribution in [0.3, 0.4) is 0 Å². The molecule has 0 aliphatic heterocycles. The molecular formula is C23H25N7O2S. The molecule has 0 aliphatic carbocycles. The molecule has 1 atom stereocenters. The van der Waals surface area contributed by atoms with Crippen molar-refractivity contribution in [1.29, 1.82) is 0 Å². The van der Waals surface area contributed by atoms with Gasteiger partial charge in [0.25, 0.3) is 5.56 Å². The minimum Gasteiger partial charge on any atom is -0.338 e. The minimum absolute atomic E-state index is 0.0580. The van der Waals surface area contributed by atoms with Crippen molar-refractivity contribution in [3.8, 4) is 11.4 Å². The van der Waals surface area contributed by atoms with Crippen molar-refractivity contribution >= 4 is 17.7 Å². The van der Waals surface area contributed by atoms with Crippen LogP contribution in [0.2, 0.25) is 0 Å². The zero-order chi connectivity index (χ0) is 23.5. The van der Waals surface area contributed by atoms with Gasteiger partial charge in [-0.15, -0.1) is 5.10 Å². The number of carbonyl (C=O) groups excluding carboxylic acids is 1. The van der Waals surface area contributed by atoms with Crippen molar-refractivity contribution in [2.24, 2.45) is 7.05 Å². The molecule has 2 aromatic heterocycles. The molecule has 4 aromatic rings. The van der Waals surface area contributed by atoms with Crippen molar-refractivity contribution in [3.63, 3.8) is 0 Å². The summed E-state index contributed by atoms with van der Waals surface area (Å²) >= 11 is 1.20. The maximum atomic E-state index is 13.3. The molecule has 4 rings (SSSR count). The normalized spacial score (nSPS) is 12.0. The summed E-state index contributed by atoms with van der Waals surface area (Å²) in [7, 11) is 3.59. The standard InChI is InChI=1S/C23H25N7O2S/c1-16(18-11-7-5-8-12-18)27(3)20(31)15-33-23-24-25-26-29(23)21-17(2)28(4)30(22(21)32)19-13-9-6-10-14-19/h5-14,16H,15H2,1-4H3. The smallest absolute Gasteiger partial charge is 0.297 e. The van der Waals surface area contributed by atoms with Crippen LogP contribution in [0.5, 0.6) is 0 Å². The molecule has 0 spiro atoms. The number of benzene rings is 2. The molecule has 10 heteroatoms. The summed E-state index contributed by atoms with van der Waals surface area (Å²) < 4.78 is 4.75. The van der Waals surface area contributed by atoms with Gasteiger partial charge in [0.15, 0.2) is 5.69 Å². The fourth-order valence-corrected chi connectivity index (χ4v) is 4.41. The molecular weight excluding hydrogens is 438 g/mol. The first kappa shape index (κ1) is 22.5. The van der Waals surface area contributed by atoms with Gasteiger partial charge in [0.05, 0.1) is 23.2 Å². The van der Waals surface area contributed by atoms with E-state index in [0.29, 0.717) is 16.5 Å². The largest absolute Gasteiger partial charge is 0.338 e. The lowest BCUT2D eigenvalue weighted by Gasteiger charge is -2.25. The highest BCUT2D eigenvalue weighted by Crippen LogP contribution is 2.23. The van der Waals surface area contributed by atoms with Crippen LogP contribution >= 0.6 is 11.8 Å². The summed E-state index contributed by atoms with van der Waals surface area (Å²) in [6.45, 7) is 3.83. The van der Waals surface area contributed by atoms with Gasteiger partial charge in [0.2, 0.25) is 11.1 Å². The van der Waals surface area contributed by atoms with Crippen molar-refractivity contribution in [1.82, 2.24) is 34.5 Å². The van der Waals surface area contributed by atoms with E-state index in [2.05, 4.69) is 15.5 Å². The molecule has 2 heterocycles. The van der Waals surface area contributed by atoms with E-state index in [1.54, 1.807) is 21.3 Å². The fraction of sp³-hybridized carbons (Fsp3) is 0.261. The van der Waals surface area contributed by atoms with E-state index < -0.39 is 0 Å². The predicted molar refractivity (Wildman–Crippen MR) is 127 cm³/mol. The van der Waals surface area contributed by atoms with E-state index in [-0.39, 0.29) is 23.3 Å². The first-order valence-electron chi connectivity index (χ1n) is 10.5. The van der Waals surface area contributed by atoms with Crippen LogP contribution in [-0.4, -0.2) is 53.2 Å². The van der Waals surface area contributed by atoms with E-state index in [0.717, 1.165) is 11.3 Å². The topological polar surface area (TPSA) is 90.8 Å². The first-order valence-corrected chi connectivity index (χ1v) is 11.4. The molecule has 1 unspecified atom stereocenters. The summed E-state index contributed by atoms with van der Waals surface area (Å²) in [6, 6.07) is 19.2. The summed E-state index contributed by atoms with van der Waals surface area (Å²) in [5, 5.41) is 12.2. The van der Waals surface area contributed by atoms with Gasteiger partial charge in [-0.2, -0.15) is 4.68 Å². The number of hydrogen-bond donors (Lipinski definition) is 0. The third-order valence-electron chi connectivity index (χ3n) is 5.76. The minimum atomic E-state index is -0.239. The summed E-state index contributed by atoms with van der Waals surface area (Å²) in [5.41, 5.74) is 2.63. The van der Waals surface area contributed by atoms with E-state index in [1.807, 2.05) is 81.6 Å². The average molecular weight is 464 g/mol. The van der Waals surface area contributed by atoms with Gasteiger partial charge in [0.1, 0.15) is 0 Å². The zero-order valence-electron chi connectivity index (χ0n) is 18.9. The Hall–Kier alpha value is -3.66. The number of rotatable bonds is 7. The third kappa shape index (κ3) is 4.34. The van der Waals surface area contributed by atoms with Crippen LogP contribution < -0.4 is 5.56 Å². The molecule has 0 fully saturated rings. The number of aromatic nitrogens is 6. The highest BCUT2D eigenvalue weighted by atomic mass is 32.2. The maximum absolute atomic E-state index is 13.3. The number of hydrogen-bond acceptors (Lipinski definition) is 6. The van der Waals surface area contributed by atoms with Crippen molar-refractivity contribution in [3.05, 3.63) is 82.3 Å². The second kappa shape index (κ2) is 9.45. The molecule has 0 N–H and O–H groups in total. The molecule has 0 aliphatic rings. The number of thioether (sulfide) groups is 1. The van der Waals surface area contributed by atoms with Gasteiger partial charge in [-0.3, -0.25) is 14.3 Å². The summed E-state index contributed by atoms with van der Waals surface area (Å²) in [6.07, 6.45) is 0. The average Bonchev–Trinajstić information content (AvgIpc) is 3.38. The number of para-hydroxylation sites is 1. The lowest BCUT2D eigenvalue weighted by molar-refractivity contribution is -0.128. The molecule has 0 radical (unpaired) electrons. The Bertz CT molecular complexity index is 1310. The second-order valence-corrected chi connectivity index (χ2v) is 8.61. The second-order valence-electron chi connectivity index (χ2n) is 7.66. The van der Waals surface area contributed by atoms with Crippen molar-refractivity contribution in [2.75, 3.05) is 12.8 Å². The predicted octanol–water partition coefficient (Wildman–Crippen LogP) is 2.77. The quantitative estimate of drug-likeness (QED) is 0.392. The number of nitrogens with zero attached hydrogens (tertiary/aromatic N) is 7. The SMILES string of the molecule is Cc1c(-n2nnnc2SCC(=O)N(C)C(C)c2ccccc2)c(=O)n(-c2ccccc2)n1C. The van der Waals surface area contributed by atoms with Gasteiger partial charge < -0.3 is 4.90 Å². The van der Waals surface area contributed by atoms with Crippen molar-refractivity contribution < 1.29 is 4.79 Å². The molecule has 1 amide bonds.